The molecule has 11 heteroatoms. The average Bonchev–Trinajstić information content (AvgIpc) is 2.86. The predicted octanol–water partition coefficient (Wildman–Crippen LogP) is 6.53. The minimum Gasteiger partial charge on any atom is -0.307 e. The molecule has 0 radical (unpaired) electrons. The predicted molar refractivity (Wildman–Crippen MR) is 137 cm³/mol. The van der Waals surface area contributed by atoms with E-state index < -0.39 is 38.7 Å². The Morgan fingerprint density at radius 1 is 0.914 bits per heavy atom. The number of nitrogens with one attached hydrogen (secondary N) is 1. The molecule has 0 bridgehead atoms. The molecule has 0 saturated carbocycles. The highest BCUT2D eigenvalue weighted by Crippen LogP contribution is 2.70. The number of carbonyl (C=O) groups is 1. The van der Waals surface area contributed by atoms with Gasteiger partial charge in [0.15, 0.2) is 5.28 Å². The lowest BCUT2D eigenvalue weighted by molar-refractivity contribution is 0.103. The number of rotatable bonds is 12. The van der Waals surface area contributed by atoms with Crippen molar-refractivity contribution in [3.63, 3.8) is 0 Å². The lowest BCUT2D eigenvalue weighted by Crippen LogP contribution is -2.49. The first-order chi connectivity index (χ1) is 16.6. The van der Waals surface area contributed by atoms with Crippen LogP contribution in [0.2, 0.25) is 0 Å². The molecule has 0 aliphatic heterocycles. The zero-order valence-corrected chi connectivity index (χ0v) is 22.7. The summed E-state index contributed by atoms with van der Waals surface area (Å²) in [7, 11) is -8.82. The summed E-state index contributed by atoms with van der Waals surface area (Å²) in [5.41, 5.74) is 0.103. The van der Waals surface area contributed by atoms with E-state index in [2.05, 4.69) is 4.72 Å². The first-order valence-corrected chi connectivity index (χ1v) is 15.1. The second-order valence-electron chi connectivity index (χ2n) is 8.00. The van der Waals surface area contributed by atoms with Crippen LogP contribution >= 0.6 is 30.8 Å². The minimum absolute atomic E-state index is 0.0205. The van der Waals surface area contributed by atoms with Gasteiger partial charge < -0.3 is 9.05 Å². The molecule has 35 heavy (non-hydrogen) atoms. The van der Waals surface area contributed by atoms with Gasteiger partial charge in [0.05, 0.1) is 23.1 Å². The van der Waals surface area contributed by atoms with Crippen molar-refractivity contribution >= 4 is 46.6 Å². The van der Waals surface area contributed by atoms with Gasteiger partial charge in [-0.15, -0.1) is 0 Å². The van der Waals surface area contributed by atoms with E-state index in [1.807, 2.05) is 13.8 Å². The van der Waals surface area contributed by atoms with Crippen molar-refractivity contribution < 1.29 is 26.8 Å². The number of fused-ring (bicyclic) bond motifs is 1. The number of allylic oxidation sites excluding steroid dienone is 1. The molecule has 0 amide bonds. The van der Waals surface area contributed by atoms with E-state index in [0.717, 1.165) is 12.8 Å². The fourth-order valence-corrected chi connectivity index (χ4v) is 8.65. The van der Waals surface area contributed by atoms with Crippen molar-refractivity contribution in [2.24, 2.45) is 0 Å². The highest BCUT2D eigenvalue weighted by atomic mass is 35.5. The second-order valence-corrected chi connectivity index (χ2v) is 12.6. The maximum absolute atomic E-state index is 14.7. The summed E-state index contributed by atoms with van der Waals surface area (Å²) in [5, 5.41) is -3.19. The van der Waals surface area contributed by atoms with E-state index in [1.54, 1.807) is 30.3 Å². The molecule has 0 aromatic heterocycles. The molecule has 0 saturated heterocycles. The fraction of sp³-hybridized carbons (Fsp3) is 0.375. The molecule has 0 fully saturated rings. The van der Waals surface area contributed by atoms with Gasteiger partial charge in [-0.05, 0) is 25.0 Å². The Morgan fingerprint density at radius 3 is 2.03 bits per heavy atom. The van der Waals surface area contributed by atoms with Gasteiger partial charge in [-0.3, -0.25) is 9.36 Å². The van der Waals surface area contributed by atoms with Gasteiger partial charge in [0.2, 0.25) is 15.8 Å². The molecule has 0 spiro atoms. The Hall–Kier alpha value is -1.51. The molecule has 0 heterocycles. The molecular formula is C24H28Cl2NO6PS. The summed E-state index contributed by atoms with van der Waals surface area (Å²) in [5.74, 6) is -0.615. The molecule has 2 aromatic rings. The third-order valence-corrected chi connectivity index (χ3v) is 10.7. The van der Waals surface area contributed by atoms with Crippen LogP contribution in [0, 0.1) is 0 Å². The largest absolute Gasteiger partial charge is 0.361 e. The van der Waals surface area contributed by atoms with E-state index in [0.29, 0.717) is 12.8 Å². The number of ketones is 1. The average molecular weight is 560 g/mol. The standard InChI is InChI=1S/C24H28Cl2NO6PS/c1-3-5-16-32-34(29,33-17-6-4-2)24(27-35(30,31)18-12-8-7-9-13-18)20-15-11-10-14-19(20)22(28)21(25)23(24)26/h7-15,27H,3-6,16-17H2,1-2H3. The molecular weight excluding hydrogens is 532 g/mol. The van der Waals surface area contributed by atoms with Gasteiger partial charge in [0.25, 0.3) is 0 Å². The first-order valence-electron chi connectivity index (χ1n) is 11.3. The van der Waals surface area contributed by atoms with E-state index in [1.165, 1.54) is 24.3 Å². The molecule has 1 N–H and O–H groups in total. The van der Waals surface area contributed by atoms with Crippen LogP contribution in [0.4, 0.5) is 0 Å². The summed E-state index contributed by atoms with van der Waals surface area (Å²) < 4.78 is 56.2. The normalized spacial score (nSPS) is 18.6. The van der Waals surface area contributed by atoms with Crippen LogP contribution in [-0.4, -0.2) is 27.4 Å². The number of unbranched alkanes of at least 4 members (excludes halogenated alkanes) is 2. The number of Topliss-reactive ketones (excluding diaryl/α,β-unsaturated/α-hetero) is 1. The lowest BCUT2D eigenvalue weighted by atomic mass is 9.91. The zero-order chi connectivity index (χ0) is 25.7. The van der Waals surface area contributed by atoms with Gasteiger partial charge in [0, 0.05) is 11.1 Å². The Bertz CT molecular complexity index is 1240. The van der Waals surface area contributed by atoms with Crippen molar-refractivity contribution in [1.82, 2.24) is 4.72 Å². The molecule has 2 aromatic carbocycles. The van der Waals surface area contributed by atoms with Crippen LogP contribution in [0.25, 0.3) is 0 Å². The van der Waals surface area contributed by atoms with Gasteiger partial charge in [-0.1, -0.05) is 92.4 Å². The molecule has 3 rings (SSSR count). The summed E-state index contributed by atoms with van der Waals surface area (Å²) in [6, 6.07) is 13.7. The van der Waals surface area contributed by atoms with Crippen LogP contribution in [0.1, 0.15) is 55.5 Å². The van der Waals surface area contributed by atoms with Crippen molar-refractivity contribution in [1.29, 1.82) is 0 Å². The monoisotopic (exact) mass is 559 g/mol. The van der Waals surface area contributed by atoms with Crippen LogP contribution in [0.5, 0.6) is 0 Å². The SMILES string of the molecule is CCCCOP(=O)(OCCCC)C1(NS(=O)(=O)c2ccccc2)C(Cl)=C(Cl)C(=O)c2ccccc21. The number of carbonyl (C=O) groups excluding carboxylic acids is 1. The molecule has 7 nitrogen and oxygen atoms in total. The third kappa shape index (κ3) is 5.44. The topological polar surface area (TPSA) is 98.8 Å². The highest BCUT2D eigenvalue weighted by Gasteiger charge is 2.61. The van der Waals surface area contributed by atoms with Gasteiger partial charge in [-0.25, -0.2) is 8.42 Å². The molecule has 1 aliphatic rings. The Morgan fingerprint density at radius 2 is 1.46 bits per heavy atom. The van der Waals surface area contributed by atoms with Crippen LogP contribution in [0.15, 0.2) is 69.6 Å². The maximum atomic E-state index is 14.7. The van der Waals surface area contributed by atoms with Crippen LogP contribution < -0.4 is 4.72 Å². The Labute approximate surface area is 216 Å². The third-order valence-electron chi connectivity index (χ3n) is 5.54. The number of hydrogen-bond donors (Lipinski definition) is 1. The summed E-state index contributed by atoms with van der Waals surface area (Å²) in [6.45, 7) is 3.90. The van der Waals surface area contributed by atoms with Gasteiger partial charge in [0.1, 0.15) is 5.03 Å². The Kier molecular flexibility index (Phi) is 9.38. The number of hydrogen-bond acceptors (Lipinski definition) is 6. The molecule has 1 aliphatic carbocycles. The van der Waals surface area contributed by atoms with E-state index in [4.69, 9.17) is 32.2 Å². The second kappa shape index (κ2) is 11.7. The lowest BCUT2D eigenvalue weighted by Gasteiger charge is -2.42. The van der Waals surface area contributed by atoms with Crippen LogP contribution in [-0.2, 0) is 28.9 Å². The van der Waals surface area contributed by atoms with Gasteiger partial charge >= 0.3 is 7.60 Å². The van der Waals surface area contributed by atoms with Crippen molar-refractivity contribution in [3.05, 3.63) is 75.8 Å². The van der Waals surface area contributed by atoms with E-state index >= 15 is 0 Å². The Balaban J connectivity index is 2.33. The number of halogens is 2. The van der Waals surface area contributed by atoms with Crippen LogP contribution in [0.3, 0.4) is 0 Å². The summed E-state index contributed by atoms with van der Waals surface area (Å²) in [4.78, 5) is 12.9. The number of sulfonamides is 1. The first kappa shape index (κ1) is 28.1. The van der Waals surface area contributed by atoms with Gasteiger partial charge in [-0.2, -0.15) is 4.72 Å². The van der Waals surface area contributed by atoms with E-state index in [-0.39, 0.29) is 29.2 Å². The van der Waals surface area contributed by atoms with E-state index in [9.17, 15) is 17.8 Å². The molecule has 1 atom stereocenters. The highest BCUT2D eigenvalue weighted by molar-refractivity contribution is 7.90. The summed E-state index contributed by atoms with van der Waals surface area (Å²) in [6.07, 6.45) is 2.55. The zero-order valence-electron chi connectivity index (χ0n) is 19.5. The maximum Gasteiger partial charge on any atom is 0.361 e. The number of benzene rings is 2. The van der Waals surface area contributed by atoms with Crippen molar-refractivity contribution in [2.75, 3.05) is 13.2 Å². The fourth-order valence-electron chi connectivity index (χ4n) is 3.66. The minimum atomic E-state index is -4.47. The van der Waals surface area contributed by atoms with Crippen molar-refractivity contribution in [3.8, 4) is 0 Å². The van der Waals surface area contributed by atoms with Crippen molar-refractivity contribution in [2.45, 2.75) is 49.7 Å². The molecule has 190 valence electrons. The quantitative estimate of drug-likeness (QED) is 0.234. The summed E-state index contributed by atoms with van der Waals surface area (Å²) >= 11 is 13.0. The molecule has 1 unspecified atom stereocenters. The smallest absolute Gasteiger partial charge is 0.307 e.